The Balaban J connectivity index is 1.91. The van der Waals surface area contributed by atoms with Crippen LogP contribution in [0, 0.1) is 17.0 Å². The quantitative estimate of drug-likeness (QED) is 0.328. The third-order valence-corrected chi connectivity index (χ3v) is 6.05. The summed E-state index contributed by atoms with van der Waals surface area (Å²) in [6.07, 6.45) is 0. The van der Waals surface area contributed by atoms with Crippen molar-refractivity contribution in [2.45, 2.75) is 23.9 Å². The van der Waals surface area contributed by atoms with Gasteiger partial charge in [0.1, 0.15) is 4.88 Å². The number of anilines is 1. The zero-order valence-electron chi connectivity index (χ0n) is 16.1. The van der Waals surface area contributed by atoms with Crippen LogP contribution in [0.2, 0.25) is 0 Å². The molecule has 0 fully saturated rings. The number of esters is 1. The highest BCUT2D eigenvalue weighted by Crippen LogP contribution is 2.33. The molecule has 2 heterocycles. The normalized spacial score (nSPS) is 10.6. The SMILES string of the molecule is CCOC(=O)c1sc(NC(=O)c2cc([N+](=O)[O-])ccc2Sc2nnnn2C)cc1C. The van der Waals surface area contributed by atoms with Crippen LogP contribution in [-0.4, -0.2) is 43.6 Å². The predicted octanol–water partition coefficient (Wildman–Crippen LogP) is 3.07. The van der Waals surface area contributed by atoms with Gasteiger partial charge in [0.05, 0.1) is 22.1 Å². The number of nitro groups is 1. The van der Waals surface area contributed by atoms with Gasteiger partial charge in [-0.05, 0) is 53.7 Å². The summed E-state index contributed by atoms with van der Waals surface area (Å²) < 4.78 is 6.42. The van der Waals surface area contributed by atoms with E-state index >= 15 is 0 Å². The Kier molecular flexibility index (Phi) is 6.42. The number of benzene rings is 1. The summed E-state index contributed by atoms with van der Waals surface area (Å²) >= 11 is 2.17. The molecule has 0 radical (unpaired) electrons. The van der Waals surface area contributed by atoms with Crippen LogP contribution in [0.4, 0.5) is 10.7 Å². The Morgan fingerprint density at radius 2 is 2.13 bits per heavy atom. The molecule has 0 aliphatic heterocycles. The first-order chi connectivity index (χ1) is 14.3. The molecule has 1 aromatic carbocycles. The highest BCUT2D eigenvalue weighted by molar-refractivity contribution is 7.99. The number of tetrazole rings is 1. The van der Waals surface area contributed by atoms with E-state index in [9.17, 15) is 19.7 Å². The van der Waals surface area contributed by atoms with Gasteiger partial charge in [0.25, 0.3) is 11.6 Å². The molecule has 1 N–H and O–H groups in total. The number of carbonyl (C=O) groups is 2. The van der Waals surface area contributed by atoms with Crippen molar-refractivity contribution in [1.82, 2.24) is 20.2 Å². The lowest BCUT2D eigenvalue weighted by molar-refractivity contribution is -0.384. The summed E-state index contributed by atoms with van der Waals surface area (Å²) in [6.45, 7) is 3.68. The smallest absolute Gasteiger partial charge is 0.348 e. The second-order valence-electron chi connectivity index (χ2n) is 5.92. The zero-order chi connectivity index (χ0) is 21.8. The molecular weight excluding hydrogens is 432 g/mol. The number of rotatable bonds is 7. The number of ether oxygens (including phenoxy) is 1. The molecule has 3 aromatic rings. The largest absolute Gasteiger partial charge is 0.462 e. The van der Waals surface area contributed by atoms with Gasteiger partial charge in [-0.15, -0.1) is 16.4 Å². The van der Waals surface area contributed by atoms with E-state index < -0.39 is 16.8 Å². The van der Waals surface area contributed by atoms with Gasteiger partial charge in [-0.3, -0.25) is 14.9 Å². The molecule has 30 heavy (non-hydrogen) atoms. The Bertz CT molecular complexity index is 1130. The minimum absolute atomic E-state index is 0.0842. The molecule has 3 rings (SSSR count). The topological polar surface area (TPSA) is 142 Å². The van der Waals surface area contributed by atoms with E-state index in [-0.39, 0.29) is 17.9 Å². The monoisotopic (exact) mass is 448 g/mol. The molecule has 0 saturated heterocycles. The molecule has 0 bridgehead atoms. The van der Waals surface area contributed by atoms with E-state index in [0.717, 1.165) is 23.1 Å². The number of nitro benzene ring substituents is 1. The summed E-state index contributed by atoms with van der Waals surface area (Å²) in [5.74, 6) is -1.03. The Labute approximate surface area is 178 Å². The van der Waals surface area contributed by atoms with Crippen molar-refractivity contribution in [2.75, 3.05) is 11.9 Å². The molecule has 0 spiro atoms. The van der Waals surface area contributed by atoms with Gasteiger partial charge in [-0.25, -0.2) is 9.48 Å². The summed E-state index contributed by atoms with van der Waals surface area (Å²) in [7, 11) is 1.64. The van der Waals surface area contributed by atoms with Gasteiger partial charge < -0.3 is 10.1 Å². The van der Waals surface area contributed by atoms with E-state index in [2.05, 4.69) is 20.8 Å². The van der Waals surface area contributed by atoms with Crippen LogP contribution in [-0.2, 0) is 11.8 Å². The molecule has 0 aliphatic carbocycles. The lowest BCUT2D eigenvalue weighted by atomic mass is 10.2. The number of nitrogens with one attached hydrogen (secondary N) is 1. The number of hydrogen-bond acceptors (Lipinski definition) is 10. The number of amides is 1. The average molecular weight is 448 g/mol. The van der Waals surface area contributed by atoms with E-state index in [1.165, 1.54) is 22.9 Å². The number of aromatic nitrogens is 4. The first-order valence-electron chi connectivity index (χ1n) is 8.57. The lowest BCUT2D eigenvalue weighted by Gasteiger charge is -2.08. The second kappa shape index (κ2) is 9.00. The molecule has 2 aromatic heterocycles. The molecule has 13 heteroatoms. The number of carbonyl (C=O) groups excluding carboxylic acids is 2. The predicted molar refractivity (Wildman–Crippen MR) is 109 cm³/mol. The van der Waals surface area contributed by atoms with Crippen LogP contribution in [0.1, 0.15) is 32.5 Å². The minimum Gasteiger partial charge on any atom is -0.462 e. The number of thiophene rings is 1. The lowest BCUT2D eigenvalue weighted by Crippen LogP contribution is -2.12. The van der Waals surface area contributed by atoms with Crippen molar-refractivity contribution in [3.8, 4) is 0 Å². The van der Waals surface area contributed by atoms with Gasteiger partial charge in [0.15, 0.2) is 0 Å². The van der Waals surface area contributed by atoms with E-state index in [4.69, 9.17) is 4.74 Å². The highest BCUT2D eigenvalue weighted by atomic mass is 32.2. The van der Waals surface area contributed by atoms with E-state index in [1.54, 1.807) is 27.0 Å². The number of aryl methyl sites for hydroxylation is 2. The molecule has 0 atom stereocenters. The van der Waals surface area contributed by atoms with E-state index in [0.29, 0.717) is 25.5 Å². The van der Waals surface area contributed by atoms with Crippen molar-refractivity contribution in [1.29, 1.82) is 0 Å². The third-order valence-electron chi connectivity index (χ3n) is 3.82. The first-order valence-corrected chi connectivity index (χ1v) is 10.2. The molecule has 11 nitrogen and oxygen atoms in total. The maximum absolute atomic E-state index is 12.9. The molecular formula is C17H16N6O5S2. The summed E-state index contributed by atoms with van der Waals surface area (Å²) in [5, 5.41) is 25.8. The molecule has 1 amide bonds. The van der Waals surface area contributed by atoms with Gasteiger partial charge in [0.2, 0.25) is 5.16 Å². The minimum atomic E-state index is -0.580. The van der Waals surface area contributed by atoms with Gasteiger partial charge in [-0.2, -0.15) is 0 Å². The Hall–Kier alpha value is -3.32. The van der Waals surface area contributed by atoms with Crippen LogP contribution >= 0.6 is 23.1 Å². The maximum atomic E-state index is 12.9. The van der Waals surface area contributed by atoms with Crippen LogP contribution in [0.3, 0.4) is 0 Å². The maximum Gasteiger partial charge on any atom is 0.348 e. The van der Waals surface area contributed by atoms with Crippen molar-refractivity contribution >= 4 is 45.7 Å². The summed E-state index contributed by atoms with van der Waals surface area (Å²) in [5.41, 5.74) is 0.517. The zero-order valence-corrected chi connectivity index (χ0v) is 17.7. The van der Waals surface area contributed by atoms with Crippen LogP contribution in [0.5, 0.6) is 0 Å². The van der Waals surface area contributed by atoms with Crippen molar-refractivity contribution in [3.05, 3.63) is 50.4 Å². The number of nitrogens with zero attached hydrogens (tertiary/aromatic N) is 5. The number of hydrogen-bond donors (Lipinski definition) is 1. The molecule has 156 valence electrons. The standard InChI is InChI=1S/C17H16N6O5S2/c1-4-28-16(25)14-9(2)7-13(30-14)18-15(24)11-8-10(23(26)27)5-6-12(11)29-17-19-20-21-22(17)3/h5-8H,4H2,1-3H3,(H,18,24). The van der Waals surface area contributed by atoms with Crippen molar-refractivity contribution < 1.29 is 19.2 Å². The van der Waals surface area contributed by atoms with E-state index in [1.807, 2.05) is 0 Å². The van der Waals surface area contributed by atoms with Crippen LogP contribution < -0.4 is 5.32 Å². The fourth-order valence-electron chi connectivity index (χ4n) is 2.43. The number of non-ortho nitro benzene ring substituents is 1. The van der Waals surface area contributed by atoms with Gasteiger partial charge in [-0.1, -0.05) is 0 Å². The molecule has 0 aliphatic rings. The Morgan fingerprint density at radius 1 is 1.37 bits per heavy atom. The average Bonchev–Trinajstić information content (AvgIpc) is 3.27. The molecule has 0 saturated carbocycles. The summed E-state index contributed by atoms with van der Waals surface area (Å²) in [4.78, 5) is 36.3. The third kappa shape index (κ3) is 4.63. The summed E-state index contributed by atoms with van der Waals surface area (Å²) in [6, 6.07) is 5.60. The fourth-order valence-corrected chi connectivity index (χ4v) is 4.23. The van der Waals surface area contributed by atoms with Gasteiger partial charge in [0, 0.05) is 24.1 Å². The highest BCUT2D eigenvalue weighted by Gasteiger charge is 2.21. The van der Waals surface area contributed by atoms with Crippen LogP contribution in [0.25, 0.3) is 0 Å². The van der Waals surface area contributed by atoms with Crippen LogP contribution in [0.15, 0.2) is 34.3 Å². The Morgan fingerprint density at radius 3 is 2.77 bits per heavy atom. The van der Waals surface area contributed by atoms with Gasteiger partial charge >= 0.3 is 5.97 Å². The van der Waals surface area contributed by atoms with Crippen molar-refractivity contribution in [3.63, 3.8) is 0 Å². The second-order valence-corrected chi connectivity index (χ2v) is 7.98. The van der Waals surface area contributed by atoms with Crippen molar-refractivity contribution in [2.24, 2.45) is 7.05 Å². The fraction of sp³-hybridized carbons (Fsp3) is 0.235. The molecule has 0 unspecified atom stereocenters. The first kappa shape index (κ1) is 21.4.